The molecule has 0 saturated heterocycles. The lowest BCUT2D eigenvalue weighted by Crippen LogP contribution is -2.33. The number of hydrogen-bond acceptors (Lipinski definition) is 2. The Hall–Kier alpha value is -2.80. The van der Waals surface area contributed by atoms with Crippen LogP contribution < -0.4 is 4.90 Å². The Morgan fingerprint density at radius 2 is 1.74 bits per heavy atom. The molecular formula is C19H15ClF3N3O. The number of nitrogens with zero attached hydrogens (tertiary/aromatic N) is 3. The van der Waals surface area contributed by atoms with Crippen molar-refractivity contribution < 1.29 is 18.0 Å². The van der Waals surface area contributed by atoms with Gasteiger partial charge in [-0.2, -0.15) is 13.2 Å². The van der Waals surface area contributed by atoms with Crippen LogP contribution in [-0.4, -0.2) is 22.0 Å². The summed E-state index contributed by atoms with van der Waals surface area (Å²) in [5.41, 5.74) is -1.24. The molecule has 0 bridgehead atoms. The fourth-order valence-corrected chi connectivity index (χ4v) is 3.01. The van der Waals surface area contributed by atoms with E-state index in [9.17, 15) is 18.0 Å². The number of carbonyl (C=O) groups excluding carboxylic acids is 1. The van der Waals surface area contributed by atoms with Crippen LogP contribution in [0.1, 0.15) is 23.1 Å². The summed E-state index contributed by atoms with van der Waals surface area (Å²) in [7, 11) is 0. The number of halogens is 4. The predicted molar refractivity (Wildman–Crippen MR) is 97.4 cm³/mol. The number of anilines is 1. The lowest BCUT2D eigenvalue weighted by molar-refractivity contribution is -0.142. The van der Waals surface area contributed by atoms with Crippen molar-refractivity contribution in [1.82, 2.24) is 9.55 Å². The zero-order valence-corrected chi connectivity index (χ0v) is 15.0. The molecule has 1 heterocycles. The molecule has 27 heavy (non-hydrogen) atoms. The van der Waals surface area contributed by atoms with Crippen LogP contribution in [0.4, 0.5) is 18.9 Å². The van der Waals surface area contributed by atoms with Crippen LogP contribution in [0.15, 0.2) is 60.9 Å². The zero-order chi connectivity index (χ0) is 19.6. The second kappa shape index (κ2) is 7.44. The largest absolute Gasteiger partial charge is 0.434 e. The van der Waals surface area contributed by atoms with Gasteiger partial charge in [0.25, 0.3) is 5.91 Å². The number of amides is 1. The molecule has 0 aliphatic carbocycles. The standard InChI is InChI=1S/C19H15ClF3N3O/c1-2-25(13-8-4-3-5-9-13)18(27)16-17(19(21,22)23)26(12-24-16)15-11-7-6-10-14(15)20/h3-12H,2H2,1H3. The van der Waals surface area contributed by atoms with Crippen LogP contribution in [-0.2, 0) is 6.18 Å². The number of benzene rings is 2. The molecule has 0 saturated carbocycles. The van der Waals surface area contributed by atoms with Gasteiger partial charge >= 0.3 is 6.18 Å². The summed E-state index contributed by atoms with van der Waals surface area (Å²) in [6.45, 7) is 1.88. The fourth-order valence-electron chi connectivity index (χ4n) is 2.78. The molecule has 4 nitrogen and oxygen atoms in total. The van der Waals surface area contributed by atoms with E-state index in [0.717, 1.165) is 10.9 Å². The summed E-state index contributed by atoms with van der Waals surface area (Å²) < 4.78 is 42.2. The first-order valence-corrected chi connectivity index (χ1v) is 8.48. The Morgan fingerprint density at radius 3 is 2.33 bits per heavy atom. The van der Waals surface area contributed by atoms with Crippen LogP contribution in [0.2, 0.25) is 5.02 Å². The quantitative estimate of drug-likeness (QED) is 0.610. The van der Waals surface area contributed by atoms with E-state index in [-0.39, 0.29) is 17.3 Å². The number of alkyl halides is 3. The molecule has 8 heteroatoms. The van der Waals surface area contributed by atoms with E-state index in [1.54, 1.807) is 49.4 Å². The van der Waals surface area contributed by atoms with Crippen molar-refractivity contribution in [1.29, 1.82) is 0 Å². The second-order valence-corrected chi connectivity index (χ2v) is 6.05. The molecule has 0 spiro atoms. The summed E-state index contributed by atoms with van der Waals surface area (Å²) in [6.07, 6.45) is -3.83. The van der Waals surface area contributed by atoms with Gasteiger partial charge in [0.1, 0.15) is 6.33 Å². The topological polar surface area (TPSA) is 38.1 Å². The van der Waals surface area contributed by atoms with Gasteiger partial charge in [-0.25, -0.2) is 4.98 Å². The highest BCUT2D eigenvalue weighted by molar-refractivity contribution is 6.32. The maximum absolute atomic E-state index is 13.8. The van der Waals surface area contributed by atoms with E-state index < -0.39 is 23.5 Å². The number of hydrogen-bond donors (Lipinski definition) is 0. The molecule has 2 aromatic carbocycles. The summed E-state index contributed by atoms with van der Waals surface area (Å²) in [4.78, 5) is 17.9. The van der Waals surface area contributed by atoms with Crippen LogP contribution in [0.3, 0.4) is 0 Å². The van der Waals surface area contributed by atoms with Gasteiger partial charge in [-0.15, -0.1) is 0 Å². The zero-order valence-electron chi connectivity index (χ0n) is 14.2. The Labute approximate surface area is 158 Å². The molecule has 0 aliphatic heterocycles. The van der Waals surface area contributed by atoms with Gasteiger partial charge in [0.2, 0.25) is 0 Å². The van der Waals surface area contributed by atoms with Crippen molar-refractivity contribution in [2.45, 2.75) is 13.1 Å². The van der Waals surface area contributed by atoms with Gasteiger partial charge in [0.15, 0.2) is 11.4 Å². The van der Waals surface area contributed by atoms with Crippen LogP contribution >= 0.6 is 11.6 Å². The Bertz CT molecular complexity index is 954. The molecule has 140 valence electrons. The first-order valence-electron chi connectivity index (χ1n) is 8.11. The van der Waals surface area contributed by atoms with E-state index in [1.165, 1.54) is 17.0 Å². The van der Waals surface area contributed by atoms with E-state index in [0.29, 0.717) is 5.69 Å². The first kappa shape index (κ1) is 19.0. The molecule has 1 aromatic heterocycles. The van der Waals surface area contributed by atoms with Gasteiger partial charge in [0, 0.05) is 12.2 Å². The second-order valence-electron chi connectivity index (χ2n) is 5.65. The van der Waals surface area contributed by atoms with E-state index in [1.807, 2.05) is 0 Å². The van der Waals surface area contributed by atoms with Crippen molar-refractivity contribution in [2.24, 2.45) is 0 Å². The molecule has 0 aliphatic rings. The summed E-state index contributed by atoms with van der Waals surface area (Å²) in [6, 6.07) is 14.6. The van der Waals surface area contributed by atoms with Crippen LogP contribution in [0.5, 0.6) is 0 Å². The van der Waals surface area contributed by atoms with Gasteiger partial charge in [-0.05, 0) is 31.2 Å². The average molecular weight is 394 g/mol. The maximum atomic E-state index is 13.8. The molecule has 0 fully saturated rings. The third kappa shape index (κ3) is 3.68. The normalized spacial score (nSPS) is 11.4. The monoisotopic (exact) mass is 393 g/mol. The minimum absolute atomic E-state index is 0.0980. The molecular weight excluding hydrogens is 379 g/mol. The van der Waals surface area contributed by atoms with Crippen molar-refractivity contribution in [3.63, 3.8) is 0 Å². The first-order chi connectivity index (χ1) is 12.8. The molecule has 0 N–H and O–H groups in total. The number of rotatable bonds is 4. The third-order valence-corrected chi connectivity index (χ3v) is 4.30. The highest BCUT2D eigenvalue weighted by atomic mass is 35.5. The Kier molecular flexibility index (Phi) is 5.23. The third-order valence-electron chi connectivity index (χ3n) is 3.98. The van der Waals surface area contributed by atoms with Gasteiger partial charge < -0.3 is 4.90 Å². The highest BCUT2D eigenvalue weighted by Gasteiger charge is 2.42. The SMILES string of the molecule is CCN(C(=O)c1ncn(-c2ccccc2Cl)c1C(F)(F)F)c1ccccc1. The average Bonchev–Trinajstić information content (AvgIpc) is 3.09. The lowest BCUT2D eigenvalue weighted by atomic mass is 10.2. The molecule has 0 atom stereocenters. The van der Waals surface area contributed by atoms with Gasteiger partial charge in [-0.3, -0.25) is 9.36 Å². The van der Waals surface area contributed by atoms with E-state index in [4.69, 9.17) is 11.6 Å². The molecule has 1 amide bonds. The minimum Gasteiger partial charge on any atom is -0.307 e. The summed E-state index contributed by atoms with van der Waals surface area (Å²) in [5.74, 6) is -0.832. The summed E-state index contributed by atoms with van der Waals surface area (Å²) >= 11 is 6.04. The van der Waals surface area contributed by atoms with Gasteiger partial charge in [0.05, 0.1) is 10.7 Å². The molecule has 3 rings (SSSR count). The number of para-hydroxylation sites is 2. The van der Waals surface area contributed by atoms with Crippen LogP contribution in [0, 0.1) is 0 Å². The van der Waals surface area contributed by atoms with E-state index >= 15 is 0 Å². The van der Waals surface area contributed by atoms with Gasteiger partial charge in [-0.1, -0.05) is 41.9 Å². The Balaban J connectivity index is 2.14. The number of carbonyl (C=O) groups is 1. The molecule has 0 unspecified atom stereocenters. The number of aromatic nitrogens is 2. The predicted octanol–water partition coefficient (Wildman–Crippen LogP) is 5.21. The van der Waals surface area contributed by atoms with Crippen LogP contribution in [0.25, 0.3) is 5.69 Å². The number of imidazole rings is 1. The molecule has 3 aromatic rings. The molecule has 0 radical (unpaired) electrons. The van der Waals surface area contributed by atoms with Crippen molar-refractivity contribution >= 4 is 23.2 Å². The minimum atomic E-state index is -4.79. The fraction of sp³-hybridized carbons (Fsp3) is 0.158. The smallest absolute Gasteiger partial charge is 0.307 e. The highest BCUT2D eigenvalue weighted by Crippen LogP contribution is 2.35. The lowest BCUT2D eigenvalue weighted by Gasteiger charge is -2.21. The Morgan fingerprint density at radius 1 is 1.11 bits per heavy atom. The maximum Gasteiger partial charge on any atom is 0.434 e. The van der Waals surface area contributed by atoms with Crippen molar-refractivity contribution in [3.8, 4) is 5.69 Å². The van der Waals surface area contributed by atoms with E-state index in [2.05, 4.69) is 4.98 Å². The van der Waals surface area contributed by atoms with Crippen molar-refractivity contribution in [3.05, 3.63) is 77.3 Å². The van der Waals surface area contributed by atoms with Crippen molar-refractivity contribution in [2.75, 3.05) is 11.4 Å². The summed E-state index contributed by atoms with van der Waals surface area (Å²) in [5, 5.41) is 0.120.